The van der Waals surface area contributed by atoms with Crippen LogP contribution in [0.25, 0.3) is 0 Å². The summed E-state index contributed by atoms with van der Waals surface area (Å²) in [5, 5.41) is 7.58. The van der Waals surface area contributed by atoms with Crippen LogP contribution in [-0.4, -0.2) is 14.8 Å². The van der Waals surface area contributed by atoms with E-state index in [9.17, 15) is 0 Å². The number of rotatable bonds is 4. The molecule has 0 saturated heterocycles. The maximum atomic E-state index is 4.38. The average Bonchev–Trinajstić information content (AvgIpc) is 2.75. The highest BCUT2D eigenvalue weighted by Gasteiger charge is 2.03. The van der Waals surface area contributed by atoms with Gasteiger partial charge < -0.3 is 5.32 Å². The summed E-state index contributed by atoms with van der Waals surface area (Å²) in [5.74, 6) is 0.939. The Morgan fingerprint density at radius 2 is 2.29 bits per heavy atom. The van der Waals surface area contributed by atoms with E-state index in [0.29, 0.717) is 0 Å². The summed E-state index contributed by atoms with van der Waals surface area (Å²) in [6.45, 7) is 5.80. The summed E-state index contributed by atoms with van der Waals surface area (Å²) < 4.78 is 3.14. The Bertz CT molecular complexity index is 507. The van der Waals surface area contributed by atoms with Crippen molar-refractivity contribution < 1.29 is 0 Å². The Morgan fingerprint density at radius 1 is 1.47 bits per heavy atom. The van der Waals surface area contributed by atoms with Crippen molar-refractivity contribution in [2.45, 2.75) is 26.9 Å². The van der Waals surface area contributed by atoms with E-state index in [4.69, 9.17) is 0 Å². The highest BCUT2D eigenvalue weighted by atomic mass is 127. The second kappa shape index (κ2) is 5.48. The maximum absolute atomic E-state index is 4.38. The SMILES string of the molecule is CCn1nccc1CNc1ncc(I)cc1C. The molecule has 17 heavy (non-hydrogen) atoms. The second-order valence-corrected chi connectivity index (χ2v) is 5.06. The van der Waals surface area contributed by atoms with Crippen LogP contribution in [0, 0.1) is 10.5 Å². The van der Waals surface area contributed by atoms with Gasteiger partial charge in [-0.1, -0.05) is 0 Å². The molecule has 2 heterocycles. The summed E-state index contributed by atoms with van der Waals surface area (Å²) in [6.07, 6.45) is 3.70. The van der Waals surface area contributed by atoms with Gasteiger partial charge in [0, 0.05) is 22.5 Å². The number of hydrogen-bond acceptors (Lipinski definition) is 3. The minimum Gasteiger partial charge on any atom is -0.364 e. The molecule has 0 fully saturated rings. The summed E-state index contributed by atoms with van der Waals surface area (Å²) >= 11 is 2.27. The van der Waals surface area contributed by atoms with Gasteiger partial charge in [-0.3, -0.25) is 4.68 Å². The zero-order valence-electron chi connectivity index (χ0n) is 9.94. The van der Waals surface area contributed by atoms with Crippen LogP contribution in [0.4, 0.5) is 5.82 Å². The van der Waals surface area contributed by atoms with Crippen LogP contribution in [0.2, 0.25) is 0 Å². The number of nitrogens with zero attached hydrogens (tertiary/aromatic N) is 3. The molecule has 0 radical (unpaired) electrons. The third-order valence-electron chi connectivity index (χ3n) is 2.59. The lowest BCUT2D eigenvalue weighted by atomic mass is 10.3. The van der Waals surface area contributed by atoms with Gasteiger partial charge in [-0.05, 0) is 54.1 Å². The third-order valence-corrected chi connectivity index (χ3v) is 3.18. The lowest BCUT2D eigenvalue weighted by Crippen LogP contribution is -2.09. The molecule has 0 bridgehead atoms. The molecule has 0 amide bonds. The average molecular weight is 342 g/mol. The van der Waals surface area contributed by atoms with E-state index in [1.807, 2.05) is 23.1 Å². The highest BCUT2D eigenvalue weighted by molar-refractivity contribution is 14.1. The van der Waals surface area contributed by atoms with Gasteiger partial charge in [0.25, 0.3) is 0 Å². The fraction of sp³-hybridized carbons (Fsp3) is 0.333. The summed E-state index contributed by atoms with van der Waals surface area (Å²) in [7, 11) is 0. The molecule has 2 aromatic heterocycles. The molecule has 0 spiro atoms. The predicted octanol–water partition coefficient (Wildman–Crippen LogP) is 2.82. The first-order chi connectivity index (χ1) is 8.20. The number of nitrogens with one attached hydrogen (secondary N) is 1. The maximum Gasteiger partial charge on any atom is 0.129 e. The first-order valence-corrected chi connectivity index (χ1v) is 6.65. The van der Waals surface area contributed by atoms with Gasteiger partial charge >= 0.3 is 0 Å². The molecular weight excluding hydrogens is 327 g/mol. The van der Waals surface area contributed by atoms with Crippen molar-refractivity contribution in [3.8, 4) is 0 Å². The predicted molar refractivity (Wildman–Crippen MR) is 76.9 cm³/mol. The zero-order chi connectivity index (χ0) is 12.3. The summed E-state index contributed by atoms with van der Waals surface area (Å²) in [5.41, 5.74) is 2.34. The Kier molecular flexibility index (Phi) is 3.98. The molecule has 0 aliphatic rings. The van der Waals surface area contributed by atoms with E-state index >= 15 is 0 Å². The van der Waals surface area contributed by atoms with Crippen molar-refractivity contribution >= 4 is 28.4 Å². The van der Waals surface area contributed by atoms with Crippen molar-refractivity contribution in [1.82, 2.24) is 14.8 Å². The minimum atomic E-state index is 0.752. The molecule has 0 aromatic carbocycles. The molecule has 2 aromatic rings. The normalized spacial score (nSPS) is 10.5. The molecule has 4 nitrogen and oxygen atoms in total. The van der Waals surface area contributed by atoms with Gasteiger partial charge in [0.15, 0.2) is 0 Å². The van der Waals surface area contributed by atoms with Crippen LogP contribution in [0.3, 0.4) is 0 Å². The lowest BCUT2D eigenvalue weighted by Gasteiger charge is -2.09. The third kappa shape index (κ3) is 2.96. The standard InChI is InChI=1S/C12H15IN4/c1-3-17-11(4-5-16-17)8-15-12-9(2)6-10(13)7-14-12/h4-7H,3,8H2,1-2H3,(H,14,15). The number of halogens is 1. The van der Waals surface area contributed by atoms with E-state index in [0.717, 1.165) is 22.5 Å². The van der Waals surface area contributed by atoms with Crippen LogP contribution >= 0.6 is 22.6 Å². The van der Waals surface area contributed by atoms with E-state index in [1.165, 1.54) is 11.3 Å². The number of hydrogen-bond donors (Lipinski definition) is 1. The largest absolute Gasteiger partial charge is 0.364 e. The van der Waals surface area contributed by atoms with Crippen molar-refractivity contribution in [2.24, 2.45) is 0 Å². The highest BCUT2D eigenvalue weighted by Crippen LogP contribution is 2.15. The fourth-order valence-corrected chi connectivity index (χ4v) is 2.30. The van der Waals surface area contributed by atoms with Gasteiger partial charge in [0.1, 0.15) is 5.82 Å². The molecule has 90 valence electrons. The molecular formula is C12H15IN4. The first kappa shape index (κ1) is 12.3. The van der Waals surface area contributed by atoms with Crippen LogP contribution in [0.15, 0.2) is 24.5 Å². The van der Waals surface area contributed by atoms with E-state index in [2.05, 4.69) is 57.9 Å². The smallest absolute Gasteiger partial charge is 0.129 e. The van der Waals surface area contributed by atoms with Gasteiger partial charge in [0.2, 0.25) is 0 Å². The number of pyridine rings is 1. The Balaban J connectivity index is 2.07. The van der Waals surface area contributed by atoms with Crippen LogP contribution in [0.1, 0.15) is 18.2 Å². The summed E-state index contributed by atoms with van der Waals surface area (Å²) in [6, 6.07) is 4.14. The Labute approximate surface area is 115 Å². The number of anilines is 1. The molecule has 0 aliphatic heterocycles. The van der Waals surface area contributed by atoms with Gasteiger partial charge in [-0.2, -0.15) is 5.10 Å². The van der Waals surface area contributed by atoms with Crippen molar-refractivity contribution in [3.05, 3.63) is 39.4 Å². The Morgan fingerprint density at radius 3 is 3.00 bits per heavy atom. The van der Waals surface area contributed by atoms with E-state index < -0.39 is 0 Å². The monoisotopic (exact) mass is 342 g/mol. The van der Waals surface area contributed by atoms with Gasteiger partial charge in [-0.25, -0.2) is 4.98 Å². The second-order valence-electron chi connectivity index (χ2n) is 3.81. The van der Waals surface area contributed by atoms with Crippen molar-refractivity contribution in [3.63, 3.8) is 0 Å². The quantitative estimate of drug-likeness (QED) is 0.869. The van der Waals surface area contributed by atoms with E-state index in [1.54, 1.807) is 0 Å². The van der Waals surface area contributed by atoms with Gasteiger partial charge in [-0.15, -0.1) is 0 Å². The summed E-state index contributed by atoms with van der Waals surface area (Å²) in [4.78, 5) is 4.38. The molecule has 2 rings (SSSR count). The molecule has 5 heteroatoms. The van der Waals surface area contributed by atoms with Gasteiger partial charge in [0.05, 0.1) is 12.2 Å². The Hall–Kier alpha value is -1.11. The van der Waals surface area contributed by atoms with Crippen molar-refractivity contribution in [2.75, 3.05) is 5.32 Å². The fourth-order valence-electron chi connectivity index (χ4n) is 1.69. The zero-order valence-corrected chi connectivity index (χ0v) is 12.1. The first-order valence-electron chi connectivity index (χ1n) is 5.57. The molecule has 0 saturated carbocycles. The van der Waals surface area contributed by atoms with Crippen LogP contribution in [0.5, 0.6) is 0 Å². The molecule has 0 atom stereocenters. The number of aromatic nitrogens is 3. The van der Waals surface area contributed by atoms with E-state index in [-0.39, 0.29) is 0 Å². The molecule has 1 N–H and O–H groups in total. The van der Waals surface area contributed by atoms with Crippen molar-refractivity contribution in [1.29, 1.82) is 0 Å². The molecule has 0 unspecified atom stereocenters. The minimum absolute atomic E-state index is 0.752. The molecule has 0 aliphatic carbocycles. The lowest BCUT2D eigenvalue weighted by molar-refractivity contribution is 0.627. The topological polar surface area (TPSA) is 42.7 Å². The van der Waals surface area contributed by atoms with Crippen LogP contribution in [-0.2, 0) is 13.1 Å². The van der Waals surface area contributed by atoms with Crippen LogP contribution < -0.4 is 5.32 Å². The number of aryl methyl sites for hydroxylation is 2.